The van der Waals surface area contributed by atoms with E-state index in [2.05, 4.69) is 25.1 Å². The lowest BCUT2D eigenvalue weighted by molar-refractivity contribution is 0.0827. The molecule has 0 radical (unpaired) electrons. The summed E-state index contributed by atoms with van der Waals surface area (Å²) in [6.07, 6.45) is 4.83. The lowest BCUT2D eigenvalue weighted by Gasteiger charge is -2.10. The molecule has 9 heteroatoms. The molecular weight excluding hydrogens is 370 g/mol. The van der Waals surface area contributed by atoms with E-state index < -0.39 is 0 Å². The van der Waals surface area contributed by atoms with Crippen molar-refractivity contribution < 1.29 is 9.21 Å². The first-order chi connectivity index (χ1) is 14.0. The number of pyridine rings is 1. The highest BCUT2D eigenvalue weighted by molar-refractivity contribution is 5.94. The molecule has 0 spiro atoms. The summed E-state index contributed by atoms with van der Waals surface area (Å²) in [6.45, 7) is 0. The van der Waals surface area contributed by atoms with Gasteiger partial charge in [-0.15, -0.1) is 10.2 Å². The van der Waals surface area contributed by atoms with E-state index in [-0.39, 0.29) is 17.6 Å². The third kappa shape index (κ3) is 3.65. The van der Waals surface area contributed by atoms with Crippen LogP contribution >= 0.6 is 0 Å². The predicted molar refractivity (Wildman–Crippen MR) is 106 cm³/mol. The van der Waals surface area contributed by atoms with Crippen molar-refractivity contribution in [2.45, 2.75) is 0 Å². The Morgan fingerprint density at radius 2 is 1.66 bits per heavy atom. The van der Waals surface area contributed by atoms with Crippen molar-refractivity contribution in [3.63, 3.8) is 0 Å². The van der Waals surface area contributed by atoms with Crippen LogP contribution in [0.5, 0.6) is 0 Å². The molecule has 0 bridgehead atoms. The molecule has 0 aliphatic carbocycles. The molecule has 2 N–H and O–H groups in total. The minimum absolute atomic E-state index is 0.0740. The maximum atomic E-state index is 12.0. The molecule has 0 atom stereocenters. The van der Waals surface area contributed by atoms with E-state index in [1.165, 1.54) is 4.90 Å². The van der Waals surface area contributed by atoms with E-state index in [1.54, 1.807) is 69.1 Å². The molecule has 3 heterocycles. The Morgan fingerprint density at radius 1 is 0.966 bits per heavy atom. The van der Waals surface area contributed by atoms with Crippen LogP contribution in [0.2, 0.25) is 0 Å². The SMILES string of the molecule is CN(C)C(=O)c1ccc(-c2cnc(N)c(-c3nnc(-c4ccncc4)o3)n2)cc1. The van der Waals surface area contributed by atoms with Crippen molar-refractivity contribution >= 4 is 11.7 Å². The topological polar surface area (TPSA) is 124 Å². The summed E-state index contributed by atoms with van der Waals surface area (Å²) in [5.74, 6) is 0.608. The van der Waals surface area contributed by atoms with Gasteiger partial charge < -0.3 is 15.1 Å². The van der Waals surface area contributed by atoms with E-state index in [0.717, 1.165) is 11.1 Å². The number of nitrogen functional groups attached to an aromatic ring is 1. The average molecular weight is 387 g/mol. The number of benzene rings is 1. The summed E-state index contributed by atoms with van der Waals surface area (Å²) in [5.41, 5.74) is 8.95. The molecule has 9 nitrogen and oxygen atoms in total. The van der Waals surface area contributed by atoms with E-state index in [1.807, 2.05) is 0 Å². The Morgan fingerprint density at radius 3 is 2.34 bits per heavy atom. The number of anilines is 1. The molecular formula is C20H17N7O2. The third-order valence-corrected chi connectivity index (χ3v) is 4.19. The summed E-state index contributed by atoms with van der Waals surface area (Å²) in [4.78, 5) is 26.3. The summed E-state index contributed by atoms with van der Waals surface area (Å²) in [6, 6.07) is 10.6. The van der Waals surface area contributed by atoms with Gasteiger partial charge in [0.2, 0.25) is 5.89 Å². The number of hydrogen-bond donors (Lipinski definition) is 1. The van der Waals surface area contributed by atoms with E-state index in [9.17, 15) is 4.79 Å². The lowest BCUT2D eigenvalue weighted by Crippen LogP contribution is -2.21. The second kappa shape index (κ2) is 7.47. The first kappa shape index (κ1) is 18.2. The van der Waals surface area contributed by atoms with Crippen LogP contribution in [0.3, 0.4) is 0 Å². The maximum absolute atomic E-state index is 12.0. The fourth-order valence-corrected chi connectivity index (χ4v) is 2.67. The Kier molecular flexibility index (Phi) is 4.70. The molecule has 0 saturated carbocycles. The molecule has 1 aromatic carbocycles. The van der Waals surface area contributed by atoms with Gasteiger partial charge in [0.15, 0.2) is 11.5 Å². The highest BCUT2D eigenvalue weighted by Gasteiger charge is 2.17. The number of nitrogens with two attached hydrogens (primary N) is 1. The highest BCUT2D eigenvalue weighted by Crippen LogP contribution is 2.27. The van der Waals surface area contributed by atoms with Crippen molar-refractivity contribution in [3.8, 4) is 34.3 Å². The Balaban J connectivity index is 1.67. The van der Waals surface area contributed by atoms with Gasteiger partial charge in [0, 0.05) is 43.2 Å². The van der Waals surface area contributed by atoms with Crippen molar-refractivity contribution in [1.29, 1.82) is 0 Å². The Labute approximate surface area is 166 Å². The van der Waals surface area contributed by atoms with Gasteiger partial charge in [-0.1, -0.05) is 12.1 Å². The average Bonchev–Trinajstić information content (AvgIpc) is 3.24. The Bertz CT molecular complexity index is 1160. The van der Waals surface area contributed by atoms with E-state index in [4.69, 9.17) is 10.2 Å². The quantitative estimate of drug-likeness (QED) is 0.566. The largest absolute Gasteiger partial charge is 0.414 e. The van der Waals surface area contributed by atoms with Gasteiger partial charge in [-0.2, -0.15) is 0 Å². The van der Waals surface area contributed by atoms with Crippen LogP contribution in [-0.4, -0.2) is 50.1 Å². The minimum Gasteiger partial charge on any atom is -0.414 e. The second-order valence-corrected chi connectivity index (χ2v) is 6.41. The van der Waals surface area contributed by atoms with Crippen LogP contribution in [0.25, 0.3) is 34.3 Å². The van der Waals surface area contributed by atoms with Crippen LogP contribution in [0.15, 0.2) is 59.4 Å². The smallest absolute Gasteiger partial charge is 0.270 e. The van der Waals surface area contributed by atoms with Gasteiger partial charge in [-0.3, -0.25) is 9.78 Å². The molecule has 1 amide bonds. The molecule has 144 valence electrons. The van der Waals surface area contributed by atoms with Crippen molar-refractivity contribution in [3.05, 3.63) is 60.6 Å². The van der Waals surface area contributed by atoms with Gasteiger partial charge in [0.25, 0.3) is 11.8 Å². The van der Waals surface area contributed by atoms with Gasteiger partial charge in [-0.25, -0.2) is 9.97 Å². The number of carbonyl (C=O) groups is 1. The molecule has 3 aromatic heterocycles. The van der Waals surface area contributed by atoms with Crippen LogP contribution in [-0.2, 0) is 0 Å². The fraction of sp³-hybridized carbons (Fsp3) is 0.100. The third-order valence-electron chi connectivity index (χ3n) is 4.19. The summed E-state index contributed by atoms with van der Waals surface area (Å²) >= 11 is 0. The monoisotopic (exact) mass is 387 g/mol. The lowest BCUT2D eigenvalue weighted by atomic mass is 10.1. The normalized spacial score (nSPS) is 10.7. The number of rotatable bonds is 4. The predicted octanol–water partition coefficient (Wildman–Crippen LogP) is 2.54. The molecule has 29 heavy (non-hydrogen) atoms. The highest BCUT2D eigenvalue weighted by atomic mass is 16.4. The van der Waals surface area contributed by atoms with Gasteiger partial charge in [-0.05, 0) is 24.3 Å². The first-order valence-electron chi connectivity index (χ1n) is 8.72. The summed E-state index contributed by atoms with van der Waals surface area (Å²) in [5, 5.41) is 8.09. The van der Waals surface area contributed by atoms with Crippen molar-refractivity contribution in [1.82, 2.24) is 30.0 Å². The Hall–Kier alpha value is -4.14. The first-order valence-corrected chi connectivity index (χ1v) is 8.72. The molecule has 0 saturated heterocycles. The zero-order chi connectivity index (χ0) is 20.4. The molecule has 4 aromatic rings. The number of hydrogen-bond acceptors (Lipinski definition) is 8. The zero-order valence-corrected chi connectivity index (χ0v) is 15.8. The van der Waals surface area contributed by atoms with Crippen LogP contribution in [0, 0.1) is 0 Å². The molecule has 0 aliphatic heterocycles. The maximum Gasteiger partial charge on any atom is 0.270 e. The minimum atomic E-state index is -0.0740. The number of aromatic nitrogens is 5. The summed E-state index contributed by atoms with van der Waals surface area (Å²) in [7, 11) is 3.41. The van der Waals surface area contributed by atoms with Crippen molar-refractivity contribution in [2.24, 2.45) is 0 Å². The van der Waals surface area contributed by atoms with Crippen molar-refractivity contribution in [2.75, 3.05) is 19.8 Å². The molecule has 0 unspecified atom stereocenters. The molecule has 4 rings (SSSR count). The standard InChI is InChI=1S/C20H17N7O2/c1-27(2)20(28)14-5-3-12(4-6-14)15-11-23-17(21)16(24-15)19-26-25-18(29-19)13-7-9-22-10-8-13/h3-11H,1-2H3,(H2,21,23). The number of nitrogens with zero attached hydrogens (tertiary/aromatic N) is 6. The molecule has 0 aliphatic rings. The van der Waals surface area contributed by atoms with Crippen LogP contribution in [0.4, 0.5) is 5.82 Å². The zero-order valence-electron chi connectivity index (χ0n) is 15.8. The van der Waals surface area contributed by atoms with Gasteiger partial charge in [0.05, 0.1) is 11.9 Å². The summed E-state index contributed by atoms with van der Waals surface area (Å²) < 4.78 is 5.72. The van der Waals surface area contributed by atoms with Crippen LogP contribution in [0.1, 0.15) is 10.4 Å². The van der Waals surface area contributed by atoms with Gasteiger partial charge >= 0.3 is 0 Å². The van der Waals surface area contributed by atoms with Gasteiger partial charge in [0.1, 0.15) is 0 Å². The fourth-order valence-electron chi connectivity index (χ4n) is 2.67. The number of amides is 1. The van der Waals surface area contributed by atoms with Crippen LogP contribution < -0.4 is 5.73 Å². The van der Waals surface area contributed by atoms with E-state index in [0.29, 0.717) is 22.8 Å². The second-order valence-electron chi connectivity index (χ2n) is 6.41. The number of carbonyl (C=O) groups excluding carboxylic acids is 1. The van der Waals surface area contributed by atoms with E-state index >= 15 is 0 Å². The molecule has 0 fully saturated rings.